The molecule has 218 valence electrons. The number of hydrogen-bond donors (Lipinski definition) is 5. The number of ether oxygens (including phenoxy) is 6. The number of esters is 1. The number of allylic oxidation sites excluding steroid dienone is 1. The number of carbonyl (C=O) groups excluding carboxylic acids is 1. The van der Waals surface area contributed by atoms with Crippen LogP contribution in [0.2, 0.25) is 0 Å². The van der Waals surface area contributed by atoms with Crippen molar-refractivity contribution in [2.45, 2.75) is 43.4 Å². The number of carbonyl (C=O) groups is 2. The van der Waals surface area contributed by atoms with Crippen LogP contribution in [0.4, 0.5) is 0 Å². The fourth-order valence-corrected chi connectivity index (χ4v) is 4.93. The fraction of sp³-hybridized carbons (Fsp3) is 0.481. The molecule has 1 aromatic rings. The monoisotopic (exact) mass is 564 g/mol. The summed E-state index contributed by atoms with van der Waals surface area (Å²) in [6.07, 6.45) is -2.98. The van der Waals surface area contributed by atoms with Crippen molar-refractivity contribution >= 4 is 18.0 Å². The topological polar surface area (TPSA) is 191 Å². The molecule has 0 spiro atoms. The Bertz CT molecular complexity index is 1170. The van der Waals surface area contributed by atoms with Crippen LogP contribution < -0.4 is 9.47 Å². The second-order valence-corrected chi connectivity index (χ2v) is 9.42. The van der Waals surface area contributed by atoms with Crippen LogP contribution in [0, 0.1) is 11.8 Å². The highest BCUT2D eigenvalue weighted by Crippen LogP contribution is 2.44. The Morgan fingerprint density at radius 1 is 1.05 bits per heavy atom. The molecular weight excluding hydrogens is 532 g/mol. The van der Waals surface area contributed by atoms with Gasteiger partial charge in [-0.05, 0) is 35.8 Å². The highest BCUT2D eigenvalue weighted by Gasteiger charge is 2.49. The smallest absolute Gasteiger partial charge is 0.335 e. The Morgan fingerprint density at radius 3 is 2.48 bits per heavy atom. The number of methoxy groups -OCH3 is 2. The molecule has 1 saturated heterocycles. The van der Waals surface area contributed by atoms with Gasteiger partial charge in [-0.1, -0.05) is 12.1 Å². The zero-order valence-electron chi connectivity index (χ0n) is 21.8. The molecule has 5 N–H and O–H groups in total. The standard InChI is InChI=1S/C27H32O13/c1-35-17-7-3-13(9-18(17)36-2)4-8-20(29)37-11-14-5-6-15-16(25(33)34)12-38-26(21(14)15)40-27-24(32)23(31)22(30)19(10-28)39-27/h3-5,7-9,12,15,19,21-24,26-28,30-32H,6,10-11H2,1-2H3,(H,33,34). The number of rotatable bonds is 10. The fourth-order valence-electron chi connectivity index (χ4n) is 4.93. The molecule has 0 bridgehead atoms. The van der Waals surface area contributed by atoms with Gasteiger partial charge in [-0.3, -0.25) is 0 Å². The van der Waals surface area contributed by atoms with Crippen molar-refractivity contribution in [3.05, 3.63) is 53.3 Å². The van der Waals surface area contributed by atoms with Gasteiger partial charge in [0.05, 0.1) is 38.6 Å². The Hall–Kier alpha value is -3.46. The van der Waals surface area contributed by atoms with Crippen molar-refractivity contribution in [2.24, 2.45) is 11.8 Å². The predicted octanol–water partition coefficient (Wildman–Crippen LogP) is -0.0360. The van der Waals surface area contributed by atoms with Crippen LogP contribution in [0.25, 0.3) is 6.08 Å². The molecule has 8 atom stereocenters. The van der Waals surface area contributed by atoms with Crippen molar-refractivity contribution in [3.63, 3.8) is 0 Å². The van der Waals surface area contributed by atoms with E-state index in [9.17, 15) is 35.1 Å². The SMILES string of the molecule is COc1ccc(C=CC(=O)OCC2=CCC3C(C(=O)O)=COC(OC4OC(CO)C(O)C(O)C4O)C23)cc1OC. The highest BCUT2D eigenvalue weighted by molar-refractivity contribution is 5.88. The van der Waals surface area contributed by atoms with E-state index in [2.05, 4.69) is 0 Å². The van der Waals surface area contributed by atoms with Gasteiger partial charge in [-0.25, -0.2) is 9.59 Å². The largest absolute Gasteiger partial charge is 0.493 e. The van der Waals surface area contributed by atoms with Gasteiger partial charge in [0, 0.05) is 12.0 Å². The maximum atomic E-state index is 12.5. The van der Waals surface area contributed by atoms with Gasteiger partial charge in [-0.15, -0.1) is 0 Å². The summed E-state index contributed by atoms with van der Waals surface area (Å²) < 4.78 is 32.6. The molecule has 1 fully saturated rings. The molecule has 1 aromatic carbocycles. The summed E-state index contributed by atoms with van der Waals surface area (Å²) in [6, 6.07) is 5.11. The van der Waals surface area contributed by atoms with E-state index in [0.717, 1.165) is 6.26 Å². The summed E-state index contributed by atoms with van der Waals surface area (Å²) in [5.74, 6) is -2.13. The van der Waals surface area contributed by atoms with E-state index in [1.54, 1.807) is 24.3 Å². The average Bonchev–Trinajstić information content (AvgIpc) is 3.39. The van der Waals surface area contributed by atoms with Crippen LogP contribution in [0.15, 0.2) is 47.8 Å². The Morgan fingerprint density at radius 2 is 1.80 bits per heavy atom. The number of aliphatic hydroxyl groups excluding tert-OH is 4. The second kappa shape index (κ2) is 12.8. The summed E-state index contributed by atoms with van der Waals surface area (Å²) in [4.78, 5) is 24.3. The van der Waals surface area contributed by atoms with Crippen LogP contribution in [0.3, 0.4) is 0 Å². The van der Waals surface area contributed by atoms with E-state index in [4.69, 9.17) is 28.4 Å². The first kappa shape index (κ1) is 29.5. The van der Waals surface area contributed by atoms with Gasteiger partial charge < -0.3 is 54.0 Å². The lowest BCUT2D eigenvalue weighted by atomic mass is 9.83. The van der Waals surface area contributed by atoms with E-state index in [0.29, 0.717) is 29.1 Å². The summed E-state index contributed by atoms with van der Waals surface area (Å²) in [7, 11) is 3.01. The average molecular weight is 565 g/mol. The van der Waals surface area contributed by atoms with Crippen LogP contribution in [0.5, 0.6) is 11.5 Å². The van der Waals surface area contributed by atoms with Gasteiger partial charge in [0.1, 0.15) is 31.0 Å². The van der Waals surface area contributed by atoms with Crippen molar-refractivity contribution in [1.29, 1.82) is 0 Å². The Labute approximate surface area is 229 Å². The quantitative estimate of drug-likeness (QED) is 0.145. The maximum Gasteiger partial charge on any atom is 0.335 e. The lowest BCUT2D eigenvalue weighted by molar-refractivity contribution is -0.339. The van der Waals surface area contributed by atoms with Gasteiger partial charge in [0.2, 0.25) is 6.29 Å². The minimum Gasteiger partial charge on any atom is -0.493 e. The molecule has 2 aliphatic heterocycles. The molecule has 3 aliphatic rings. The molecule has 40 heavy (non-hydrogen) atoms. The number of fused-ring (bicyclic) bond motifs is 1. The molecule has 13 nitrogen and oxygen atoms in total. The lowest BCUT2D eigenvalue weighted by Crippen LogP contribution is -2.60. The molecule has 0 aromatic heterocycles. The van der Waals surface area contributed by atoms with Crippen LogP contribution in [-0.2, 0) is 28.5 Å². The van der Waals surface area contributed by atoms with Gasteiger partial charge in [0.15, 0.2) is 17.8 Å². The zero-order chi connectivity index (χ0) is 29.0. The molecule has 8 unspecified atom stereocenters. The minimum absolute atomic E-state index is 0.00965. The second-order valence-electron chi connectivity index (χ2n) is 9.42. The van der Waals surface area contributed by atoms with Crippen LogP contribution >= 0.6 is 0 Å². The molecule has 13 heteroatoms. The molecule has 4 rings (SSSR count). The van der Waals surface area contributed by atoms with Crippen LogP contribution in [0.1, 0.15) is 12.0 Å². The molecule has 0 amide bonds. The van der Waals surface area contributed by atoms with Gasteiger partial charge in [-0.2, -0.15) is 0 Å². The number of carboxylic acid groups (broad SMARTS) is 1. The first-order chi connectivity index (χ1) is 19.2. The third-order valence-electron chi connectivity index (χ3n) is 7.08. The van der Waals surface area contributed by atoms with Crippen molar-refractivity contribution in [1.82, 2.24) is 0 Å². The third-order valence-corrected chi connectivity index (χ3v) is 7.08. The number of aliphatic carboxylic acids is 1. The van der Waals surface area contributed by atoms with E-state index in [1.807, 2.05) is 0 Å². The maximum absolute atomic E-state index is 12.5. The van der Waals surface area contributed by atoms with Gasteiger partial charge >= 0.3 is 11.9 Å². The van der Waals surface area contributed by atoms with Crippen molar-refractivity contribution in [3.8, 4) is 11.5 Å². The first-order valence-corrected chi connectivity index (χ1v) is 12.5. The van der Waals surface area contributed by atoms with E-state index < -0.39 is 67.4 Å². The zero-order valence-corrected chi connectivity index (χ0v) is 21.8. The summed E-state index contributed by atoms with van der Waals surface area (Å²) >= 11 is 0. The van der Waals surface area contributed by atoms with E-state index >= 15 is 0 Å². The van der Waals surface area contributed by atoms with Crippen molar-refractivity contribution < 1.29 is 63.5 Å². The summed E-state index contributed by atoms with van der Waals surface area (Å²) in [5, 5.41) is 49.6. The normalized spacial score (nSPS) is 31.6. The summed E-state index contributed by atoms with van der Waals surface area (Å²) in [5.41, 5.74) is 1.18. The predicted molar refractivity (Wildman–Crippen MR) is 135 cm³/mol. The number of hydrogen-bond acceptors (Lipinski definition) is 12. The Balaban J connectivity index is 1.44. The third kappa shape index (κ3) is 6.14. The molecule has 0 saturated carbocycles. The number of aliphatic hydroxyl groups is 4. The lowest BCUT2D eigenvalue weighted by Gasteiger charge is -2.42. The first-order valence-electron chi connectivity index (χ1n) is 12.5. The van der Waals surface area contributed by atoms with Crippen molar-refractivity contribution in [2.75, 3.05) is 27.4 Å². The molecular formula is C27H32O13. The van der Waals surface area contributed by atoms with Crippen LogP contribution in [-0.4, -0.2) is 102 Å². The molecule has 1 aliphatic carbocycles. The Kier molecular flexibility index (Phi) is 9.45. The number of benzene rings is 1. The minimum atomic E-state index is -1.68. The van der Waals surface area contributed by atoms with Gasteiger partial charge in [0.25, 0.3) is 0 Å². The van der Waals surface area contributed by atoms with E-state index in [1.165, 1.54) is 26.4 Å². The molecule has 2 heterocycles. The highest BCUT2D eigenvalue weighted by atomic mass is 16.8. The van der Waals surface area contributed by atoms with E-state index in [-0.39, 0.29) is 12.2 Å². The molecule has 0 radical (unpaired) electrons. The summed E-state index contributed by atoms with van der Waals surface area (Å²) in [6.45, 7) is -0.843. The number of carboxylic acids is 1.